The van der Waals surface area contributed by atoms with Crippen molar-refractivity contribution in [3.05, 3.63) is 28.8 Å². The first kappa shape index (κ1) is 14.3. The van der Waals surface area contributed by atoms with Crippen LogP contribution in [0.15, 0.2) is 23.1 Å². The maximum Gasteiger partial charge on any atom is 0.243 e. The molecule has 0 amide bonds. The van der Waals surface area contributed by atoms with Crippen LogP contribution in [0.25, 0.3) is 0 Å². The zero-order valence-electron chi connectivity index (χ0n) is 10.2. The van der Waals surface area contributed by atoms with Crippen LogP contribution in [-0.4, -0.2) is 32.4 Å². The third-order valence-electron chi connectivity index (χ3n) is 3.28. The van der Waals surface area contributed by atoms with Crippen molar-refractivity contribution in [1.29, 1.82) is 5.26 Å². The first-order valence-electron chi connectivity index (χ1n) is 5.89. The van der Waals surface area contributed by atoms with E-state index in [0.29, 0.717) is 19.6 Å². The van der Waals surface area contributed by atoms with Crippen LogP contribution in [0.1, 0.15) is 12.0 Å². The Hall–Kier alpha value is -1.13. The Bertz CT molecular complexity index is 624. The molecule has 1 aliphatic rings. The van der Waals surface area contributed by atoms with Crippen molar-refractivity contribution < 1.29 is 8.42 Å². The molecular formula is C12H14ClN3O2S. The Labute approximate surface area is 117 Å². The molecule has 1 aromatic carbocycles. The zero-order valence-corrected chi connectivity index (χ0v) is 11.8. The van der Waals surface area contributed by atoms with E-state index in [9.17, 15) is 8.42 Å². The topological polar surface area (TPSA) is 87.2 Å². The van der Waals surface area contributed by atoms with E-state index in [-0.39, 0.29) is 21.4 Å². The quantitative estimate of drug-likeness (QED) is 0.908. The molecule has 0 aliphatic carbocycles. The summed E-state index contributed by atoms with van der Waals surface area (Å²) in [6.07, 6.45) is 0.772. The third kappa shape index (κ3) is 2.74. The number of sulfonamides is 1. The van der Waals surface area contributed by atoms with Gasteiger partial charge in [0.2, 0.25) is 10.0 Å². The normalized spacial score (nSPS) is 20.4. The molecule has 102 valence electrons. The van der Waals surface area contributed by atoms with Gasteiger partial charge in [0.25, 0.3) is 0 Å². The lowest BCUT2D eigenvalue weighted by molar-refractivity contribution is 0.459. The molecule has 0 radical (unpaired) electrons. The van der Waals surface area contributed by atoms with Crippen LogP contribution >= 0.6 is 11.6 Å². The molecule has 1 fully saturated rings. The van der Waals surface area contributed by atoms with E-state index >= 15 is 0 Å². The van der Waals surface area contributed by atoms with E-state index in [1.54, 1.807) is 0 Å². The molecule has 19 heavy (non-hydrogen) atoms. The molecule has 1 unspecified atom stereocenters. The maximum absolute atomic E-state index is 12.4. The Morgan fingerprint density at radius 3 is 2.84 bits per heavy atom. The molecule has 1 atom stereocenters. The second-order valence-corrected chi connectivity index (χ2v) is 6.85. The summed E-state index contributed by atoms with van der Waals surface area (Å²) in [5.74, 6) is 0.206. The van der Waals surface area contributed by atoms with Crippen molar-refractivity contribution in [2.45, 2.75) is 11.3 Å². The van der Waals surface area contributed by atoms with Crippen LogP contribution in [0, 0.1) is 17.2 Å². The molecule has 1 saturated heterocycles. The van der Waals surface area contributed by atoms with Gasteiger partial charge in [-0.05, 0) is 37.1 Å². The van der Waals surface area contributed by atoms with Crippen molar-refractivity contribution in [1.82, 2.24) is 4.31 Å². The fourth-order valence-electron chi connectivity index (χ4n) is 2.11. The summed E-state index contributed by atoms with van der Waals surface area (Å²) < 4.78 is 26.2. The summed E-state index contributed by atoms with van der Waals surface area (Å²) in [6.45, 7) is 1.38. The number of halogens is 1. The second-order valence-electron chi connectivity index (χ2n) is 4.51. The molecule has 5 nitrogen and oxygen atoms in total. The number of nitriles is 1. The summed E-state index contributed by atoms with van der Waals surface area (Å²) in [4.78, 5) is 0.103. The molecule has 1 heterocycles. The molecule has 1 aromatic rings. The van der Waals surface area contributed by atoms with Gasteiger partial charge < -0.3 is 5.73 Å². The minimum Gasteiger partial charge on any atom is -0.330 e. The summed E-state index contributed by atoms with van der Waals surface area (Å²) in [6, 6.07) is 6.06. The average Bonchev–Trinajstić information content (AvgIpc) is 2.88. The molecular weight excluding hydrogens is 286 g/mol. The highest BCUT2D eigenvalue weighted by Gasteiger charge is 2.32. The van der Waals surface area contributed by atoms with E-state index in [1.807, 2.05) is 6.07 Å². The summed E-state index contributed by atoms with van der Waals surface area (Å²) in [5.41, 5.74) is 5.73. The average molecular weight is 300 g/mol. The largest absolute Gasteiger partial charge is 0.330 e. The minimum atomic E-state index is -3.56. The van der Waals surface area contributed by atoms with Gasteiger partial charge in [0.15, 0.2) is 0 Å². The number of hydrogen-bond acceptors (Lipinski definition) is 4. The smallest absolute Gasteiger partial charge is 0.243 e. The van der Waals surface area contributed by atoms with E-state index in [2.05, 4.69) is 0 Å². The lowest BCUT2D eigenvalue weighted by Gasteiger charge is -2.16. The summed E-state index contributed by atoms with van der Waals surface area (Å²) in [7, 11) is -3.56. The first-order chi connectivity index (χ1) is 8.98. The molecule has 0 saturated carbocycles. The van der Waals surface area contributed by atoms with Gasteiger partial charge in [-0.25, -0.2) is 8.42 Å². The van der Waals surface area contributed by atoms with E-state index in [4.69, 9.17) is 22.6 Å². The molecule has 2 N–H and O–H groups in total. The number of rotatable bonds is 3. The molecule has 0 spiro atoms. The highest BCUT2D eigenvalue weighted by Crippen LogP contribution is 2.26. The lowest BCUT2D eigenvalue weighted by Crippen LogP contribution is -2.30. The monoisotopic (exact) mass is 299 g/mol. The van der Waals surface area contributed by atoms with Gasteiger partial charge >= 0.3 is 0 Å². The van der Waals surface area contributed by atoms with Gasteiger partial charge in [0.1, 0.15) is 6.07 Å². The molecule has 2 rings (SSSR count). The Morgan fingerprint density at radius 1 is 1.53 bits per heavy atom. The van der Waals surface area contributed by atoms with Crippen LogP contribution in [0.4, 0.5) is 0 Å². The second kappa shape index (κ2) is 5.47. The number of nitrogens with two attached hydrogens (primary N) is 1. The van der Waals surface area contributed by atoms with Gasteiger partial charge in [-0.3, -0.25) is 0 Å². The molecule has 0 aromatic heterocycles. The van der Waals surface area contributed by atoms with Crippen molar-refractivity contribution >= 4 is 21.6 Å². The van der Waals surface area contributed by atoms with Crippen LogP contribution in [0.5, 0.6) is 0 Å². The fraction of sp³-hybridized carbons (Fsp3) is 0.417. The minimum absolute atomic E-state index is 0.103. The zero-order chi connectivity index (χ0) is 14.0. The predicted molar refractivity (Wildman–Crippen MR) is 72.1 cm³/mol. The number of nitrogens with zero attached hydrogens (tertiary/aromatic N) is 2. The van der Waals surface area contributed by atoms with Crippen LogP contribution in [-0.2, 0) is 10.0 Å². The van der Waals surface area contributed by atoms with Crippen molar-refractivity contribution in [3.63, 3.8) is 0 Å². The lowest BCUT2D eigenvalue weighted by atomic mass is 10.1. The van der Waals surface area contributed by atoms with E-state index in [0.717, 1.165) is 6.42 Å². The van der Waals surface area contributed by atoms with E-state index in [1.165, 1.54) is 22.5 Å². The molecule has 1 aliphatic heterocycles. The van der Waals surface area contributed by atoms with Crippen molar-refractivity contribution in [2.24, 2.45) is 11.7 Å². The third-order valence-corrected chi connectivity index (χ3v) is 5.47. The Kier molecular flexibility index (Phi) is 4.11. The van der Waals surface area contributed by atoms with Gasteiger partial charge in [-0.2, -0.15) is 9.57 Å². The SMILES string of the molecule is N#Cc1cc(S(=O)(=O)N2CCC(CN)C2)ccc1Cl. The maximum atomic E-state index is 12.4. The summed E-state index contributed by atoms with van der Waals surface area (Å²) >= 11 is 5.80. The molecule has 7 heteroatoms. The highest BCUT2D eigenvalue weighted by atomic mass is 35.5. The summed E-state index contributed by atoms with van der Waals surface area (Å²) in [5, 5.41) is 9.15. The van der Waals surface area contributed by atoms with Gasteiger partial charge in [0, 0.05) is 13.1 Å². The standard InChI is InChI=1S/C12H14ClN3O2S/c13-12-2-1-11(5-10(12)7-15)19(17,18)16-4-3-9(6-14)8-16/h1-2,5,9H,3-4,6,8,14H2. The van der Waals surface area contributed by atoms with Crippen LogP contribution < -0.4 is 5.73 Å². The van der Waals surface area contributed by atoms with Crippen LogP contribution in [0.2, 0.25) is 5.02 Å². The molecule has 0 bridgehead atoms. The number of hydrogen-bond donors (Lipinski definition) is 1. The van der Waals surface area contributed by atoms with Gasteiger partial charge in [-0.1, -0.05) is 11.6 Å². The van der Waals surface area contributed by atoms with Crippen molar-refractivity contribution in [2.75, 3.05) is 19.6 Å². The van der Waals surface area contributed by atoms with E-state index < -0.39 is 10.0 Å². The Morgan fingerprint density at radius 2 is 2.26 bits per heavy atom. The fourth-order valence-corrected chi connectivity index (χ4v) is 3.82. The van der Waals surface area contributed by atoms with Crippen LogP contribution in [0.3, 0.4) is 0 Å². The predicted octanol–water partition coefficient (Wildman–Crippen LogP) is 1.18. The van der Waals surface area contributed by atoms with Gasteiger partial charge in [0.05, 0.1) is 15.5 Å². The highest BCUT2D eigenvalue weighted by molar-refractivity contribution is 7.89. The van der Waals surface area contributed by atoms with Gasteiger partial charge in [-0.15, -0.1) is 0 Å². The number of benzene rings is 1. The first-order valence-corrected chi connectivity index (χ1v) is 7.70. The van der Waals surface area contributed by atoms with Crippen molar-refractivity contribution in [3.8, 4) is 6.07 Å². The Balaban J connectivity index is 2.33.